The highest BCUT2D eigenvalue weighted by atomic mass is 16.5. The third-order valence-electron chi connectivity index (χ3n) is 4.58. The van der Waals surface area contributed by atoms with E-state index in [4.69, 9.17) is 4.74 Å². The van der Waals surface area contributed by atoms with Gasteiger partial charge in [-0.05, 0) is 34.9 Å². The Morgan fingerprint density at radius 2 is 1.90 bits per heavy atom. The van der Waals surface area contributed by atoms with Crippen molar-refractivity contribution >= 4 is 21.7 Å². The van der Waals surface area contributed by atoms with Gasteiger partial charge in [0.15, 0.2) is 0 Å². The highest BCUT2D eigenvalue weighted by Gasteiger charge is 2.22. The van der Waals surface area contributed by atoms with Crippen molar-refractivity contribution in [3.8, 4) is 5.75 Å². The number of ether oxygens (including phenoxy) is 1. The number of fused-ring (bicyclic) bond motifs is 2. The minimum atomic E-state index is 0.154. The third kappa shape index (κ3) is 1.68. The van der Waals surface area contributed by atoms with Crippen molar-refractivity contribution in [3.63, 3.8) is 0 Å². The predicted molar refractivity (Wildman–Crippen MR) is 87.0 cm³/mol. The van der Waals surface area contributed by atoms with Crippen molar-refractivity contribution in [2.75, 3.05) is 0 Å². The highest BCUT2D eigenvalue weighted by molar-refractivity contribution is 6.11. The van der Waals surface area contributed by atoms with Gasteiger partial charge in [0.1, 0.15) is 12.4 Å². The number of aromatic nitrogens is 1. The Morgan fingerprint density at radius 1 is 1.10 bits per heavy atom. The van der Waals surface area contributed by atoms with Gasteiger partial charge in [0, 0.05) is 22.5 Å². The molecule has 0 saturated carbocycles. The molecule has 0 bridgehead atoms. The molecule has 1 aliphatic rings. The van der Waals surface area contributed by atoms with E-state index in [0.717, 1.165) is 11.3 Å². The van der Waals surface area contributed by atoms with Gasteiger partial charge in [-0.2, -0.15) is 0 Å². The zero-order valence-electron chi connectivity index (χ0n) is 12.9. The van der Waals surface area contributed by atoms with Crippen LogP contribution in [0.2, 0.25) is 0 Å². The molecule has 2 heterocycles. The van der Waals surface area contributed by atoms with Crippen LogP contribution in [0.4, 0.5) is 0 Å². The molecule has 0 spiro atoms. The van der Waals surface area contributed by atoms with Crippen LogP contribution in [0.25, 0.3) is 21.7 Å². The second-order valence-corrected chi connectivity index (χ2v) is 6.94. The lowest BCUT2D eigenvalue weighted by molar-refractivity contribution is 0.326. The minimum absolute atomic E-state index is 0.154. The molecule has 21 heavy (non-hydrogen) atoms. The molecule has 106 valence electrons. The minimum Gasteiger partial charge on any atom is -0.488 e. The fourth-order valence-corrected chi connectivity index (χ4v) is 3.27. The first-order chi connectivity index (χ1) is 9.97. The molecule has 0 aliphatic carbocycles. The quantitative estimate of drug-likeness (QED) is 0.546. The van der Waals surface area contributed by atoms with Gasteiger partial charge in [0.25, 0.3) is 0 Å². The second-order valence-electron chi connectivity index (χ2n) is 6.94. The maximum absolute atomic E-state index is 5.82. The monoisotopic (exact) mass is 277 g/mol. The van der Waals surface area contributed by atoms with Gasteiger partial charge in [-0.1, -0.05) is 39.0 Å². The van der Waals surface area contributed by atoms with Crippen LogP contribution in [0, 0.1) is 6.92 Å². The summed E-state index contributed by atoms with van der Waals surface area (Å²) in [5.41, 5.74) is 5.21. The van der Waals surface area contributed by atoms with Crippen molar-refractivity contribution in [1.29, 1.82) is 0 Å². The number of hydrogen-bond acceptors (Lipinski definition) is 2. The van der Waals surface area contributed by atoms with E-state index < -0.39 is 0 Å². The van der Waals surface area contributed by atoms with Crippen molar-refractivity contribution in [1.82, 2.24) is 4.98 Å². The molecule has 1 aliphatic heterocycles. The molecule has 0 amide bonds. The van der Waals surface area contributed by atoms with Crippen LogP contribution < -0.4 is 4.74 Å². The lowest BCUT2D eigenvalue weighted by atomic mass is 9.84. The molecule has 0 radical (unpaired) electrons. The molecule has 0 N–H and O–H groups in total. The summed E-state index contributed by atoms with van der Waals surface area (Å²) in [4.78, 5) is 4.62. The summed E-state index contributed by atoms with van der Waals surface area (Å²) in [5.74, 6) is 0.972. The first-order valence-corrected chi connectivity index (χ1v) is 7.44. The van der Waals surface area contributed by atoms with Crippen LogP contribution in [-0.2, 0) is 12.0 Å². The third-order valence-corrected chi connectivity index (χ3v) is 4.58. The van der Waals surface area contributed by atoms with Gasteiger partial charge in [0.2, 0.25) is 0 Å². The zero-order valence-corrected chi connectivity index (χ0v) is 12.9. The first-order valence-electron chi connectivity index (χ1n) is 7.44. The van der Waals surface area contributed by atoms with Crippen molar-refractivity contribution in [3.05, 3.63) is 47.2 Å². The summed E-state index contributed by atoms with van der Waals surface area (Å²) in [6.07, 6.45) is 1.85. The summed E-state index contributed by atoms with van der Waals surface area (Å²) < 4.78 is 5.82. The molecule has 3 aromatic rings. The Morgan fingerprint density at radius 3 is 2.67 bits per heavy atom. The molecule has 0 fully saturated rings. The van der Waals surface area contributed by atoms with Gasteiger partial charge < -0.3 is 4.74 Å². The predicted octanol–water partition coefficient (Wildman–Crippen LogP) is 4.89. The average molecular weight is 277 g/mol. The van der Waals surface area contributed by atoms with Gasteiger partial charge in [-0.15, -0.1) is 0 Å². The maximum atomic E-state index is 5.82. The molecule has 0 atom stereocenters. The molecule has 2 nitrogen and oxygen atoms in total. The van der Waals surface area contributed by atoms with E-state index in [2.05, 4.69) is 50.9 Å². The van der Waals surface area contributed by atoms with Crippen molar-refractivity contribution in [2.24, 2.45) is 0 Å². The first kappa shape index (κ1) is 12.6. The number of nitrogens with zero attached hydrogens (tertiary/aromatic N) is 1. The smallest absolute Gasteiger partial charge is 0.131 e. The standard InChI is InChI=1S/C19H19NO/c1-11-14-9-12(19(2,3)4)5-6-13(14)18-17-15(11)10-21-16(17)7-8-20-18/h5-9H,10H2,1-4H3. The molecule has 2 aromatic carbocycles. The van der Waals surface area contributed by atoms with Crippen LogP contribution in [0.15, 0.2) is 30.5 Å². The van der Waals surface area contributed by atoms with Crippen LogP contribution >= 0.6 is 0 Å². The van der Waals surface area contributed by atoms with Gasteiger partial charge in [-0.25, -0.2) is 0 Å². The molecule has 0 unspecified atom stereocenters. The Balaban J connectivity index is 2.18. The highest BCUT2D eigenvalue weighted by Crippen LogP contribution is 2.41. The summed E-state index contributed by atoms with van der Waals surface area (Å²) >= 11 is 0. The topological polar surface area (TPSA) is 22.1 Å². The van der Waals surface area contributed by atoms with Crippen molar-refractivity contribution in [2.45, 2.75) is 39.7 Å². The van der Waals surface area contributed by atoms with E-state index in [1.807, 2.05) is 12.3 Å². The summed E-state index contributed by atoms with van der Waals surface area (Å²) in [7, 11) is 0. The van der Waals surface area contributed by atoms with E-state index in [0.29, 0.717) is 6.61 Å². The summed E-state index contributed by atoms with van der Waals surface area (Å²) in [6, 6.07) is 8.74. The van der Waals surface area contributed by atoms with Gasteiger partial charge >= 0.3 is 0 Å². The Labute approximate surface area is 124 Å². The van der Waals surface area contributed by atoms with E-state index in [1.54, 1.807) is 0 Å². The molecule has 4 rings (SSSR count). The molecule has 2 heteroatoms. The lowest BCUT2D eigenvalue weighted by Crippen LogP contribution is -2.10. The lowest BCUT2D eigenvalue weighted by Gasteiger charge is -2.20. The van der Waals surface area contributed by atoms with Gasteiger partial charge in [0.05, 0.1) is 5.52 Å². The van der Waals surface area contributed by atoms with Crippen molar-refractivity contribution < 1.29 is 4.74 Å². The number of rotatable bonds is 0. The number of hydrogen-bond donors (Lipinski definition) is 0. The maximum Gasteiger partial charge on any atom is 0.131 e. The SMILES string of the molecule is Cc1c2c3c(ccnc3c3ccc(C(C)(C)C)cc13)OC2. The van der Waals surface area contributed by atoms with Crippen LogP contribution in [0.1, 0.15) is 37.5 Å². The van der Waals surface area contributed by atoms with E-state index in [1.165, 1.54) is 32.8 Å². The second kappa shape index (κ2) is 3.97. The Bertz CT molecular complexity index is 888. The summed E-state index contributed by atoms with van der Waals surface area (Å²) in [5, 5.41) is 3.73. The Hall–Kier alpha value is -2.09. The number of benzene rings is 2. The number of pyridine rings is 1. The largest absolute Gasteiger partial charge is 0.488 e. The summed E-state index contributed by atoms with van der Waals surface area (Å²) in [6.45, 7) is 9.63. The Kier molecular flexibility index (Phi) is 2.39. The van der Waals surface area contributed by atoms with Crippen LogP contribution in [-0.4, -0.2) is 4.98 Å². The van der Waals surface area contributed by atoms with Crippen LogP contribution in [0.5, 0.6) is 5.75 Å². The molecular weight excluding hydrogens is 258 g/mol. The molecule has 1 aromatic heterocycles. The van der Waals surface area contributed by atoms with E-state index in [-0.39, 0.29) is 5.41 Å². The van der Waals surface area contributed by atoms with Crippen LogP contribution in [0.3, 0.4) is 0 Å². The average Bonchev–Trinajstić information content (AvgIpc) is 2.88. The number of aryl methyl sites for hydroxylation is 1. The molecular formula is C19H19NO. The van der Waals surface area contributed by atoms with Gasteiger partial charge in [-0.3, -0.25) is 4.98 Å². The zero-order chi connectivity index (χ0) is 14.8. The van der Waals surface area contributed by atoms with E-state index in [9.17, 15) is 0 Å². The fraction of sp³-hybridized carbons (Fsp3) is 0.316. The normalized spacial score (nSPS) is 13.9. The fourth-order valence-electron chi connectivity index (χ4n) is 3.27. The molecule has 0 saturated heterocycles. The van der Waals surface area contributed by atoms with E-state index >= 15 is 0 Å².